The van der Waals surface area contributed by atoms with Crippen LogP contribution in [-0.2, 0) is 28.9 Å². The van der Waals surface area contributed by atoms with Gasteiger partial charge in [-0.05, 0) is 0 Å². The van der Waals surface area contributed by atoms with E-state index < -0.39 is 0 Å². The van der Waals surface area contributed by atoms with Gasteiger partial charge in [-0.2, -0.15) is 0 Å². The Labute approximate surface area is 65.3 Å². The maximum atomic E-state index is 10.6. The number of ether oxygens (including phenoxy) is 1. The van der Waals surface area contributed by atoms with Crippen molar-refractivity contribution in [3.63, 3.8) is 0 Å². The quantitative estimate of drug-likeness (QED) is 0.558. The Hall–Kier alpha value is -0.232. The second kappa shape index (κ2) is 4.63. The van der Waals surface area contributed by atoms with Gasteiger partial charge in [0.05, 0.1) is 0 Å². The average Bonchev–Trinajstić information content (AvgIpc) is 1.87. The molecule has 2 nitrogen and oxygen atoms in total. The number of esters is 1. The van der Waals surface area contributed by atoms with Crippen molar-refractivity contribution < 1.29 is 28.9 Å². The summed E-state index contributed by atoms with van der Waals surface area (Å²) in [5.74, 6) is -0.218. The summed E-state index contributed by atoms with van der Waals surface area (Å²) in [5, 5.41) is 0. The van der Waals surface area contributed by atoms with Crippen molar-refractivity contribution in [1.82, 2.24) is 0 Å². The standard InChI is InChI=1S/C6H8O2.W/c1-3-4-5-6(7)8-2;/h3H,1,4H2,2H3;. The minimum absolute atomic E-state index is 0.218. The second-order valence-corrected chi connectivity index (χ2v) is 3.18. The van der Waals surface area contributed by atoms with Gasteiger partial charge in [-0.15, -0.1) is 0 Å². The van der Waals surface area contributed by atoms with Gasteiger partial charge >= 0.3 is 64.9 Å². The molecule has 0 heterocycles. The first-order chi connectivity index (χ1) is 4.22. The zero-order valence-electron chi connectivity index (χ0n) is 5.22. The summed E-state index contributed by atoms with van der Waals surface area (Å²) in [6, 6.07) is 0. The van der Waals surface area contributed by atoms with Crippen LogP contribution in [0.2, 0.25) is 0 Å². The number of carbonyl (C=O) groups is 1. The van der Waals surface area contributed by atoms with Crippen molar-refractivity contribution >= 4 is 9.87 Å². The van der Waals surface area contributed by atoms with Crippen molar-refractivity contribution in [1.29, 1.82) is 0 Å². The molecular weight excluding hydrogens is 288 g/mol. The molecule has 0 rings (SSSR count). The third-order valence-electron chi connectivity index (χ3n) is 0.743. The molecule has 0 saturated heterocycles. The van der Waals surface area contributed by atoms with E-state index in [4.69, 9.17) is 0 Å². The van der Waals surface area contributed by atoms with E-state index in [1.807, 2.05) is 0 Å². The topological polar surface area (TPSA) is 26.3 Å². The summed E-state index contributed by atoms with van der Waals surface area (Å²) in [5.41, 5.74) is 0. The summed E-state index contributed by atoms with van der Waals surface area (Å²) in [4.78, 5) is 10.6. The van der Waals surface area contributed by atoms with Crippen LogP contribution >= 0.6 is 0 Å². The van der Waals surface area contributed by atoms with E-state index in [2.05, 4.69) is 11.3 Å². The summed E-state index contributed by atoms with van der Waals surface area (Å²) < 4.78 is 5.23. The SMILES string of the molecule is C=CC[C](=[W])C(=O)OC. The monoisotopic (exact) mass is 296 g/mol. The number of hydrogen-bond acceptors (Lipinski definition) is 2. The van der Waals surface area contributed by atoms with E-state index in [0.29, 0.717) is 6.42 Å². The number of carbonyl (C=O) groups excluding carboxylic acids is 1. The van der Waals surface area contributed by atoms with E-state index in [0.717, 1.165) is 23.3 Å². The van der Waals surface area contributed by atoms with E-state index >= 15 is 0 Å². The molecule has 0 N–H and O–H groups in total. The van der Waals surface area contributed by atoms with Gasteiger partial charge in [0.1, 0.15) is 0 Å². The Morgan fingerprint density at radius 1 is 1.89 bits per heavy atom. The molecule has 50 valence electrons. The third-order valence-corrected chi connectivity index (χ3v) is 1.94. The normalized spacial score (nSPS) is 8.11. The molecule has 9 heavy (non-hydrogen) atoms. The molecule has 0 radical (unpaired) electrons. The van der Waals surface area contributed by atoms with Gasteiger partial charge in [-0.25, -0.2) is 0 Å². The van der Waals surface area contributed by atoms with Gasteiger partial charge in [-0.3, -0.25) is 0 Å². The number of allylic oxidation sites excluding steroid dienone is 1. The summed E-state index contributed by atoms with van der Waals surface area (Å²) in [6.07, 6.45) is 2.33. The Kier molecular flexibility index (Phi) is 4.51. The molecule has 0 fully saturated rings. The number of hydrogen-bond donors (Lipinski definition) is 0. The second-order valence-electron chi connectivity index (χ2n) is 1.41. The molecule has 0 bridgehead atoms. The Morgan fingerprint density at radius 2 is 2.44 bits per heavy atom. The minimum atomic E-state index is -0.218. The van der Waals surface area contributed by atoms with Gasteiger partial charge in [0.15, 0.2) is 0 Å². The number of methoxy groups -OCH3 is 1. The van der Waals surface area contributed by atoms with E-state index in [9.17, 15) is 4.79 Å². The Balaban J connectivity index is 3.73. The molecule has 0 aromatic carbocycles. The Bertz CT molecular complexity index is 140. The zero-order chi connectivity index (χ0) is 7.28. The van der Waals surface area contributed by atoms with E-state index in [1.54, 1.807) is 6.08 Å². The predicted molar refractivity (Wildman–Crippen MR) is 31.8 cm³/mol. The van der Waals surface area contributed by atoms with Crippen molar-refractivity contribution in [2.75, 3.05) is 7.11 Å². The first kappa shape index (κ1) is 8.77. The molecule has 0 aliphatic rings. The fourth-order valence-electron chi connectivity index (χ4n) is 0.328. The summed E-state index contributed by atoms with van der Waals surface area (Å²) >= 11 is 1.15. The van der Waals surface area contributed by atoms with Crippen molar-refractivity contribution in [3.8, 4) is 0 Å². The zero-order valence-corrected chi connectivity index (χ0v) is 8.15. The van der Waals surface area contributed by atoms with Crippen LogP contribution in [0, 0.1) is 0 Å². The van der Waals surface area contributed by atoms with Crippen LogP contribution in [0.3, 0.4) is 0 Å². The summed E-state index contributed by atoms with van der Waals surface area (Å²) in [6.45, 7) is 3.50. The van der Waals surface area contributed by atoms with Crippen LogP contribution in [-0.4, -0.2) is 17.0 Å². The predicted octanol–water partition coefficient (Wildman–Crippen LogP) is 0.455. The Morgan fingerprint density at radius 3 is 2.78 bits per heavy atom. The van der Waals surface area contributed by atoms with Crippen LogP contribution in [0.5, 0.6) is 0 Å². The molecule has 0 amide bonds. The molecule has 0 aliphatic heterocycles. The van der Waals surface area contributed by atoms with E-state index in [-0.39, 0.29) is 5.97 Å². The van der Waals surface area contributed by atoms with Crippen LogP contribution in [0.15, 0.2) is 12.7 Å². The van der Waals surface area contributed by atoms with Crippen LogP contribution in [0.25, 0.3) is 0 Å². The van der Waals surface area contributed by atoms with Crippen LogP contribution < -0.4 is 0 Å². The van der Waals surface area contributed by atoms with Gasteiger partial charge in [0.25, 0.3) is 0 Å². The molecule has 0 saturated carbocycles. The molecule has 0 atom stereocenters. The molecule has 0 unspecified atom stereocenters. The molecule has 0 spiro atoms. The van der Waals surface area contributed by atoms with Crippen molar-refractivity contribution in [2.24, 2.45) is 0 Å². The number of rotatable bonds is 3. The molecule has 0 aliphatic carbocycles. The van der Waals surface area contributed by atoms with E-state index in [1.165, 1.54) is 7.11 Å². The van der Waals surface area contributed by atoms with Gasteiger partial charge in [0, 0.05) is 0 Å². The van der Waals surface area contributed by atoms with Crippen molar-refractivity contribution in [2.45, 2.75) is 6.42 Å². The molecule has 0 aromatic rings. The molecule has 3 heteroatoms. The molecule has 0 aromatic heterocycles. The van der Waals surface area contributed by atoms with Gasteiger partial charge < -0.3 is 0 Å². The maximum absolute atomic E-state index is 10.6. The average molecular weight is 296 g/mol. The van der Waals surface area contributed by atoms with Crippen molar-refractivity contribution in [3.05, 3.63) is 12.7 Å². The summed E-state index contributed by atoms with van der Waals surface area (Å²) in [7, 11) is 1.38. The fraction of sp³-hybridized carbons (Fsp3) is 0.333. The third kappa shape index (κ3) is 3.36. The fourth-order valence-corrected chi connectivity index (χ4v) is 1.05. The van der Waals surface area contributed by atoms with Gasteiger partial charge in [-0.1, -0.05) is 0 Å². The first-order valence-corrected chi connectivity index (χ1v) is 3.91. The molecular formula is C6H8O2W. The van der Waals surface area contributed by atoms with Crippen LogP contribution in [0.4, 0.5) is 0 Å². The van der Waals surface area contributed by atoms with Crippen LogP contribution in [0.1, 0.15) is 6.42 Å². The van der Waals surface area contributed by atoms with Gasteiger partial charge in [0.2, 0.25) is 0 Å². The first-order valence-electron chi connectivity index (χ1n) is 2.44.